The molecule has 1 saturated heterocycles. The number of hydrogen-bond acceptors (Lipinski definition) is 10. The van der Waals surface area contributed by atoms with E-state index in [0.717, 1.165) is 33.8 Å². The molecule has 0 radical (unpaired) electrons. The average molecular weight is 513 g/mol. The maximum absolute atomic E-state index is 6.16. The Labute approximate surface area is 219 Å². The van der Waals surface area contributed by atoms with Gasteiger partial charge < -0.3 is 29.0 Å². The monoisotopic (exact) mass is 512 g/mol. The fraction of sp³-hybridized carbons (Fsp3) is 0.296. The highest BCUT2D eigenvalue weighted by Gasteiger charge is 2.19. The molecule has 4 heterocycles. The van der Waals surface area contributed by atoms with Gasteiger partial charge in [0.05, 0.1) is 49.5 Å². The molecule has 1 aliphatic rings. The van der Waals surface area contributed by atoms with Crippen LogP contribution < -0.4 is 15.0 Å². The van der Waals surface area contributed by atoms with Gasteiger partial charge in [0.2, 0.25) is 5.95 Å². The van der Waals surface area contributed by atoms with Crippen molar-refractivity contribution >= 4 is 39.5 Å². The first-order valence-corrected chi connectivity index (χ1v) is 12.4. The van der Waals surface area contributed by atoms with Gasteiger partial charge in [-0.1, -0.05) is 0 Å². The lowest BCUT2D eigenvalue weighted by molar-refractivity contribution is -0.0837. The van der Waals surface area contributed by atoms with Gasteiger partial charge in [-0.15, -0.1) is 0 Å². The Bertz CT molecular complexity index is 1600. The number of aromatic nitrogens is 6. The van der Waals surface area contributed by atoms with Crippen LogP contribution in [-0.2, 0) is 16.5 Å². The van der Waals surface area contributed by atoms with Crippen molar-refractivity contribution < 1.29 is 14.2 Å². The predicted octanol–water partition coefficient (Wildman–Crippen LogP) is 4.00. The van der Waals surface area contributed by atoms with Crippen molar-refractivity contribution in [3.05, 3.63) is 60.8 Å². The van der Waals surface area contributed by atoms with E-state index in [1.807, 2.05) is 66.9 Å². The molecule has 11 heteroatoms. The molecule has 1 fully saturated rings. The van der Waals surface area contributed by atoms with Gasteiger partial charge in [-0.3, -0.25) is 0 Å². The van der Waals surface area contributed by atoms with Crippen molar-refractivity contribution in [2.24, 2.45) is 7.05 Å². The minimum absolute atomic E-state index is 0.0211. The number of fused-ring (bicyclic) bond motifs is 2. The second-order valence-electron chi connectivity index (χ2n) is 9.29. The number of nitrogens with one attached hydrogen (secondary N) is 1. The Morgan fingerprint density at radius 3 is 2.84 bits per heavy atom. The molecule has 1 atom stereocenters. The van der Waals surface area contributed by atoms with Crippen LogP contribution >= 0.6 is 0 Å². The number of likely N-dealkylation sites (N-methyl/N-ethyl adjacent to an activating group) is 1. The summed E-state index contributed by atoms with van der Waals surface area (Å²) in [6, 6.07) is 11.8. The topological polar surface area (TPSA) is 112 Å². The van der Waals surface area contributed by atoms with Crippen LogP contribution in [0.2, 0.25) is 0 Å². The first kappa shape index (κ1) is 24.0. The summed E-state index contributed by atoms with van der Waals surface area (Å²) in [4.78, 5) is 24.4. The molecule has 194 valence electrons. The molecule has 0 bridgehead atoms. The summed E-state index contributed by atoms with van der Waals surface area (Å²) in [5.74, 6) is 2.66. The maximum atomic E-state index is 6.16. The van der Waals surface area contributed by atoms with Gasteiger partial charge in [-0.05, 0) is 42.8 Å². The molecular formula is C27H28N8O3. The number of anilines is 3. The van der Waals surface area contributed by atoms with Crippen LogP contribution in [0.5, 0.6) is 11.5 Å². The van der Waals surface area contributed by atoms with Gasteiger partial charge in [-0.2, -0.15) is 0 Å². The lowest BCUT2D eigenvalue weighted by Gasteiger charge is -2.27. The Morgan fingerprint density at radius 2 is 2.00 bits per heavy atom. The van der Waals surface area contributed by atoms with Gasteiger partial charge in [-0.25, -0.2) is 24.9 Å². The molecule has 2 aromatic carbocycles. The highest BCUT2D eigenvalue weighted by molar-refractivity contribution is 5.87. The lowest BCUT2D eigenvalue weighted by Crippen LogP contribution is -2.39. The summed E-state index contributed by atoms with van der Waals surface area (Å²) >= 11 is 0. The number of aryl methyl sites for hydroxylation is 2. The van der Waals surface area contributed by atoms with Crippen molar-refractivity contribution in [1.82, 2.24) is 29.5 Å². The first-order chi connectivity index (χ1) is 18.5. The highest BCUT2D eigenvalue weighted by Crippen LogP contribution is 2.31. The van der Waals surface area contributed by atoms with Crippen molar-refractivity contribution in [3.63, 3.8) is 0 Å². The summed E-state index contributed by atoms with van der Waals surface area (Å²) < 4.78 is 19.4. The Balaban J connectivity index is 1.21. The van der Waals surface area contributed by atoms with Gasteiger partial charge in [0.1, 0.15) is 28.9 Å². The number of rotatable bonds is 7. The van der Waals surface area contributed by atoms with Gasteiger partial charge in [0.25, 0.3) is 0 Å². The second kappa shape index (κ2) is 10.2. The zero-order chi connectivity index (χ0) is 26.1. The van der Waals surface area contributed by atoms with E-state index in [1.165, 1.54) is 6.33 Å². The minimum Gasteiger partial charge on any atom is -0.457 e. The van der Waals surface area contributed by atoms with Crippen LogP contribution in [0.1, 0.15) is 5.56 Å². The van der Waals surface area contributed by atoms with Crippen LogP contribution in [-0.4, -0.2) is 69.0 Å². The molecule has 0 amide bonds. The standard InChI is InChI=1S/C27H28N8O3/c1-17-10-18(4-7-24(17)38-19-5-6-23-21(11-19)31-16-35(23)3)32-26-25-22(29-15-30-26)12-28-27(33-25)34(2)13-20-14-36-8-9-37-20/h4-7,10-12,15-16,20H,8-9,13-14H2,1-3H3,(H,29,30,32)/t20-/m1/s1. The molecule has 0 saturated carbocycles. The molecule has 1 aliphatic heterocycles. The smallest absolute Gasteiger partial charge is 0.225 e. The van der Waals surface area contributed by atoms with Crippen LogP contribution in [0, 0.1) is 6.92 Å². The van der Waals surface area contributed by atoms with Gasteiger partial charge in [0.15, 0.2) is 5.82 Å². The van der Waals surface area contributed by atoms with E-state index in [4.69, 9.17) is 19.2 Å². The molecule has 0 spiro atoms. The Kier molecular flexibility index (Phi) is 6.44. The normalized spacial score (nSPS) is 15.6. The van der Waals surface area contributed by atoms with Crippen LogP contribution in [0.25, 0.3) is 22.1 Å². The third kappa shape index (κ3) is 4.93. The fourth-order valence-corrected chi connectivity index (χ4v) is 4.43. The van der Waals surface area contributed by atoms with Crippen LogP contribution in [0.3, 0.4) is 0 Å². The van der Waals surface area contributed by atoms with E-state index in [-0.39, 0.29) is 6.10 Å². The Morgan fingerprint density at radius 1 is 1.08 bits per heavy atom. The number of imidazole rings is 1. The largest absolute Gasteiger partial charge is 0.457 e. The Hall–Kier alpha value is -4.35. The molecule has 5 aromatic rings. The third-order valence-electron chi connectivity index (χ3n) is 6.43. The molecule has 1 N–H and O–H groups in total. The highest BCUT2D eigenvalue weighted by atomic mass is 16.6. The number of ether oxygens (including phenoxy) is 3. The van der Waals surface area contributed by atoms with E-state index < -0.39 is 0 Å². The molecule has 0 aliphatic carbocycles. The van der Waals surface area contributed by atoms with Crippen molar-refractivity contribution in [2.45, 2.75) is 13.0 Å². The average Bonchev–Trinajstić information content (AvgIpc) is 3.30. The summed E-state index contributed by atoms with van der Waals surface area (Å²) in [5.41, 5.74) is 5.06. The third-order valence-corrected chi connectivity index (χ3v) is 6.43. The van der Waals surface area contributed by atoms with Crippen molar-refractivity contribution in [3.8, 4) is 11.5 Å². The van der Waals surface area contributed by atoms with Gasteiger partial charge >= 0.3 is 0 Å². The fourth-order valence-electron chi connectivity index (χ4n) is 4.43. The number of benzene rings is 2. The first-order valence-electron chi connectivity index (χ1n) is 12.4. The zero-order valence-electron chi connectivity index (χ0n) is 21.5. The lowest BCUT2D eigenvalue weighted by atomic mass is 10.2. The zero-order valence-corrected chi connectivity index (χ0v) is 21.5. The SMILES string of the molecule is Cc1cc(Nc2ncnc3cnc(N(C)C[C@@H]4COCCO4)nc23)ccc1Oc1ccc2c(c1)ncn2C. The van der Waals surface area contributed by atoms with Crippen molar-refractivity contribution in [2.75, 3.05) is 43.6 Å². The summed E-state index contributed by atoms with van der Waals surface area (Å²) in [7, 11) is 3.91. The molecule has 38 heavy (non-hydrogen) atoms. The summed E-state index contributed by atoms with van der Waals surface area (Å²) in [5, 5.41) is 3.38. The van der Waals surface area contributed by atoms with E-state index in [0.29, 0.717) is 49.2 Å². The van der Waals surface area contributed by atoms with E-state index in [9.17, 15) is 0 Å². The summed E-state index contributed by atoms with van der Waals surface area (Å²) in [6.45, 7) is 4.42. The molecule has 3 aromatic heterocycles. The van der Waals surface area contributed by atoms with Gasteiger partial charge in [0, 0.05) is 32.4 Å². The summed E-state index contributed by atoms with van der Waals surface area (Å²) in [6.07, 6.45) is 4.98. The number of hydrogen-bond donors (Lipinski definition) is 1. The molecular weight excluding hydrogens is 484 g/mol. The molecule has 11 nitrogen and oxygen atoms in total. The second-order valence-corrected chi connectivity index (χ2v) is 9.29. The minimum atomic E-state index is -0.0211. The van der Waals surface area contributed by atoms with Crippen LogP contribution in [0.4, 0.5) is 17.5 Å². The molecule has 0 unspecified atom stereocenters. The van der Waals surface area contributed by atoms with E-state index in [1.54, 1.807) is 12.5 Å². The molecule has 6 rings (SSSR count). The van der Waals surface area contributed by atoms with Crippen molar-refractivity contribution in [1.29, 1.82) is 0 Å². The predicted molar refractivity (Wildman–Crippen MR) is 144 cm³/mol. The quantitative estimate of drug-likeness (QED) is 0.343. The van der Waals surface area contributed by atoms with E-state index in [2.05, 4.69) is 25.3 Å². The van der Waals surface area contributed by atoms with E-state index >= 15 is 0 Å². The van der Waals surface area contributed by atoms with Crippen LogP contribution in [0.15, 0.2) is 55.2 Å². The maximum Gasteiger partial charge on any atom is 0.225 e. The number of nitrogens with zero attached hydrogens (tertiary/aromatic N) is 7.